The minimum absolute atomic E-state index is 0.0473. The Morgan fingerprint density at radius 2 is 1.37 bits per heavy atom. The molecule has 3 aromatic carbocycles. The summed E-state index contributed by atoms with van der Waals surface area (Å²) in [5.41, 5.74) is 6.17. The van der Waals surface area contributed by atoms with Crippen LogP contribution in [0, 0.1) is 0 Å². The van der Waals surface area contributed by atoms with Crippen LogP contribution in [0.1, 0.15) is 53.0 Å². The number of hydrogen-bond acceptors (Lipinski definition) is 11. The number of furan rings is 2. The Balaban J connectivity index is 0.000000154. The molecule has 300 valence electrons. The quantitative estimate of drug-likeness (QED) is 0.129. The van der Waals surface area contributed by atoms with Gasteiger partial charge in [-0.1, -0.05) is 54.6 Å². The van der Waals surface area contributed by atoms with Crippen LogP contribution in [0.3, 0.4) is 0 Å². The second kappa shape index (κ2) is 15.9. The lowest BCUT2D eigenvalue weighted by molar-refractivity contribution is 0.0515. The lowest BCUT2D eigenvalue weighted by Gasteiger charge is -2.11. The second-order valence-electron chi connectivity index (χ2n) is 14.0. The number of ether oxygens (including phenoxy) is 2. The molecule has 0 saturated carbocycles. The lowest BCUT2D eigenvalue weighted by Crippen LogP contribution is -2.26. The van der Waals surface area contributed by atoms with E-state index in [-0.39, 0.29) is 24.3 Å². The summed E-state index contributed by atoms with van der Waals surface area (Å²) in [6, 6.07) is 22.5. The van der Waals surface area contributed by atoms with E-state index in [0.29, 0.717) is 61.3 Å². The smallest absolute Gasteiger partial charge is 0.344 e. The summed E-state index contributed by atoms with van der Waals surface area (Å²) in [4.78, 5) is 69.0. The van der Waals surface area contributed by atoms with Gasteiger partial charge in [0.05, 0.1) is 30.8 Å². The van der Waals surface area contributed by atoms with E-state index in [9.17, 15) is 19.2 Å². The molecule has 2 aliphatic rings. The van der Waals surface area contributed by atoms with Crippen molar-refractivity contribution in [1.82, 2.24) is 25.3 Å². The molecule has 6 heterocycles. The zero-order chi connectivity index (χ0) is 41.3. The number of amidine groups is 1. The Morgan fingerprint density at radius 3 is 2.03 bits per heavy atom. The van der Waals surface area contributed by atoms with Gasteiger partial charge in [-0.3, -0.25) is 14.6 Å². The molecule has 1 aliphatic carbocycles. The third kappa shape index (κ3) is 6.77. The molecule has 4 N–H and O–H groups in total. The third-order valence-electron chi connectivity index (χ3n) is 10.3. The predicted molar refractivity (Wildman–Crippen MR) is 228 cm³/mol. The summed E-state index contributed by atoms with van der Waals surface area (Å²) < 4.78 is 22.6. The van der Waals surface area contributed by atoms with E-state index < -0.39 is 23.1 Å². The maximum absolute atomic E-state index is 13.0. The first-order valence-corrected chi connectivity index (χ1v) is 19.6. The van der Waals surface area contributed by atoms with Crippen LogP contribution in [-0.2, 0) is 9.47 Å². The molecule has 14 heteroatoms. The zero-order valence-corrected chi connectivity index (χ0v) is 32.6. The number of nitrogens with zero attached hydrogens (tertiary/aromatic N) is 2. The van der Waals surface area contributed by atoms with Crippen molar-refractivity contribution < 1.29 is 27.9 Å². The number of carbonyl (C=O) groups is 2. The molecule has 5 aromatic heterocycles. The van der Waals surface area contributed by atoms with Crippen molar-refractivity contribution in [3.05, 3.63) is 133 Å². The number of pyridine rings is 2. The average Bonchev–Trinajstić information content (AvgIpc) is 4.11. The summed E-state index contributed by atoms with van der Waals surface area (Å²) in [7, 11) is 0. The minimum Gasteiger partial charge on any atom is -0.462 e. The Labute approximate surface area is 340 Å². The minimum atomic E-state index is -0.695. The highest BCUT2D eigenvalue weighted by Gasteiger charge is 2.27. The number of rotatable bonds is 8. The molecule has 0 unspecified atom stereocenters. The topological polar surface area (TPSA) is 198 Å². The molecule has 8 aromatic rings. The summed E-state index contributed by atoms with van der Waals surface area (Å²) in [6.45, 7) is 5.25. The summed E-state index contributed by atoms with van der Waals surface area (Å²) in [5, 5.41) is 4.89. The zero-order valence-electron chi connectivity index (χ0n) is 32.6. The Bertz CT molecular complexity index is 3260. The van der Waals surface area contributed by atoms with Crippen molar-refractivity contribution in [2.24, 2.45) is 4.99 Å². The first kappa shape index (κ1) is 37.8. The van der Waals surface area contributed by atoms with Gasteiger partial charge in [0.15, 0.2) is 11.2 Å². The fourth-order valence-corrected chi connectivity index (χ4v) is 7.72. The lowest BCUT2D eigenvalue weighted by atomic mass is 9.97. The van der Waals surface area contributed by atoms with Gasteiger partial charge in [0.1, 0.15) is 33.8 Å². The third-order valence-corrected chi connectivity index (χ3v) is 10.3. The molecule has 1 aliphatic heterocycles. The van der Waals surface area contributed by atoms with Crippen molar-refractivity contribution in [1.29, 1.82) is 0 Å². The van der Waals surface area contributed by atoms with E-state index >= 15 is 0 Å². The molecule has 10 rings (SSSR count). The van der Waals surface area contributed by atoms with Gasteiger partial charge < -0.3 is 38.6 Å². The van der Waals surface area contributed by atoms with Crippen LogP contribution >= 0.6 is 0 Å². The van der Waals surface area contributed by atoms with Crippen molar-refractivity contribution in [3.8, 4) is 33.6 Å². The number of imidazole rings is 1. The molecule has 0 atom stereocenters. The molecule has 0 radical (unpaired) electrons. The number of hydrogen-bond donors (Lipinski definition) is 4. The molecule has 0 saturated heterocycles. The van der Waals surface area contributed by atoms with Crippen LogP contribution in [-0.4, -0.2) is 64.0 Å². The SMILES string of the molecule is CCOC(=O)c1c(-c2cccc(-c3ncc[nH]3)c2)c2oc3ccccc3c2[nH]c1=O.CCOC(=O)c1c(-c2cccc(C3=NCCN3)c2)c2oc3c(c2[nH]c1=O)=CCCC=3. The highest BCUT2D eigenvalue weighted by Crippen LogP contribution is 2.37. The predicted octanol–water partition coefficient (Wildman–Crippen LogP) is 6.18. The maximum atomic E-state index is 13.0. The van der Waals surface area contributed by atoms with Gasteiger partial charge in [-0.05, 0) is 68.2 Å². The normalized spacial score (nSPS) is 13.1. The van der Waals surface area contributed by atoms with E-state index in [1.54, 1.807) is 26.2 Å². The van der Waals surface area contributed by atoms with Gasteiger partial charge in [0.2, 0.25) is 0 Å². The highest BCUT2D eigenvalue weighted by atomic mass is 16.5. The van der Waals surface area contributed by atoms with Crippen LogP contribution in [0.15, 0.2) is 109 Å². The number of aromatic nitrogens is 4. The fourth-order valence-electron chi connectivity index (χ4n) is 7.72. The molecular formula is C46H38N6O8. The number of benzene rings is 3. The van der Waals surface area contributed by atoms with Gasteiger partial charge in [0, 0.05) is 51.8 Å². The van der Waals surface area contributed by atoms with Crippen molar-refractivity contribution in [2.75, 3.05) is 26.3 Å². The van der Waals surface area contributed by atoms with E-state index in [1.165, 1.54) is 0 Å². The number of esters is 2. The molecule has 0 bridgehead atoms. The van der Waals surface area contributed by atoms with E-state index in [2.05, 4.69) is 36.3 Å². The first-order valence-electron chi connectivity index (χ1n) is 19.6. The van der Waals surface area contributed by atoms with E-state index in [4.69, 9.17) is 18.3 Å². The number of carbonyl (C=O) groups excluding carboxylic acids is 2. The van der Waals surface area contributed by atoms with Crippen LogP contribution in [0.2, 0.25) is 0 Å². The molecular weight excluding hydrogens is 765 g/mol. The van der Waals surface area contributed by atoms with Crippen molar-refractivity contribution in [2.45, 2.75) is 26.7 Å². The standard InChI is InChI=1S/C23H21N3O4.C23H17N3O4/c2*1-2-29-23(28)18-17(13-6-5-7-14(12-13)21-24-10-11-25-21)20-19(26-22(18)27)15-8-3-4-9-16(15)30-20/h5-9,12H,2-4,10-11H2,1H3,(H,24,25)(H,26,27);3-12H,2H2,1H3,(H,24,25)(H,26,27). The summed E-state index contributed by atoms with van der Waals surface area (Å²) >= 11 is 0. The monoisotopic (exact) mass is 802 g/mol. The van der Waals surface area contributed by atoms with Crippen molar-refractivity contribution in [3.63, 3.8) is 0 Å². The van der Waals surface area contributed by atoms with Crippen LogP contribution in [0.5, 0.6) is 0 Å². The molecule has 14 nitrogen and oxygen atoms in total. The van der Waals surface area contributed by atoms with Gasteiger partial charge in [0.25, 0.3) is 11.1 Å². The summed E-state index contributed by atoms with van der Waals surface area (Å²) in [6.07, 6.45) is 9.21. The van der Waals surface area contributed by atoms with Gasteiger partial charge in [-0.2, -0.15) is 0 Å². The first-order chi connectivity index (χ1) is 29.3. The van der Waals surface area contributed by atoms with Gasteiger partial charge in [-0.15, -0.1) is 0 Å². The largest absolute Gasteiger partial charge is 0.462 e. The average molecular weight is 803 g/mol. The van der Waals surface area contributed by atoms with Crippen LogP contribution < -0.4 is 27.1 Å². The number of aromatic amines is 3. The molecule has 0 amide bonds. The Morgan fingerprint density at radius 1 is 0.733 bits per heavy atom. The highest BCUT2D eigenvalue weighted by molar-refractivity contribution is 6.12. The van der Waals surface area contributed by atoms with Crippen molar-refractivity contribution >= 4 is 63.1 Å². The number of para-hydroxylation sites is 1. The van der Waals surface area contributed by atoms with Gasteiger partial charge >= 0.3 is 11.9 Å². The van der Waals surface area contributed by atoms with Crippen LogP contribution in [0.4, 0.5) is 0 Å². The summed E-state index contributed by atoms with van der Waals surface area (Å²) in [5.74, 6) is 0.121. The molecule has 60 heavy (non-hydrogen) atoms. The fraction of sp³-hybridized carbons (Fsp3) is 0.174. The maximum Gasteiger partial charge on any atom is 0.344 e. The van der Waals surface area contributed by atoms with E-state index in [0.717, 1.165) is 53.5 Å². The number of H-pyrrole nitrogens is 3. The Kier molecular flexibility index (Phi) is 10.0. The number of nitrogens with one attached hydrogen (secondary N) is 4. The molecule has 0 fully saturated rings. The van der Waals surface area contributed by atoms with E-state index in [1.807, 2.05) is 78.9 Å². The van der Waals surface area contributed by atoms with Gasteiger partial charge in [-0.25, -0.2) is 14.6 Å². The number of aliphatic imine (C=N–C) groups is 1. The molecule has 0 spiro atoms. The number of fused-ring (bicyclic) bond motifs is 6. The van der Waals surface area contributed by atoms with Crippen LogP contribution in [0.25, 0.3) is 79.0 Å². The second-order valence-corrected chi connectivity index (χ2v) is 14.0. The Hall–Kier alpha value is -7.74.